The fourth-order valence-electron chi connectivity index (χ4n) is 2.73. The van der Waals surface area contributed by atoms with E-state index in [0.29, 0.717) is 17.4 Å². The molecule has 1 aliphatic heterocycles. The molecule has 1 aliphatic rings. The van der Waals surface area contributed by atoms with E-state index < -0.39 is 0 Å². The van der Waals surface area contributed by atoms with Crippen LogP contribution in [0.1, 0.15) is 43.6 Å². The van der Waals surface area contributed by atoms with Crippen molar-refractivity contribution in [1.82, 2.24) is 15.1 Å². The summed E-state index contributed by atoms with van der Waals surface area (Å²) >= 11 is 0. The van der Waals surface area contributed by atoms with Gasteiger partial charge in [0.05, 0.1) is 0 Å². The lowest BCUT2D eigenvalue weighted by Gasteiger charge is -2.21. The van der Waals surface area contributed by atoms with Crippen molar-refractivity contribution in [1.29, 1.82) is 0 Å². The van der Waals surface area contributed by atoms with Gasteiger partial charge in [0.1, 0.15) is 5.82 Å². The van der Waals surface area contributed by atoms with E-state index in [-0.39, 0.29) is 5.91 Å². The molecule has 20 heavy (non-hydrogen) atoms. The standard InChI is InChI=1S/C15H24N4O/c1-11(2)12-5-4-9-19(10-8-12)15(20)13-6-7-14(16-3)18-17-13/h6-7,11-12H,4-5,8-10H2,1-3H3,(H,16,18). The van der Waals surface area contributed by atoms with Crippen molar-refractivity contribution in [3.63, 3.8) is 0 Å². The summed E-state index contributed by atoms with van der Waals surface area (Å²) in [7, 11) is 1.78. The number of hydrogen-bond donors (Lipinski definition) is 1. The van der Waals surface area contributed by atoms with Gasteiger partial charge in [-0.05, 0) is 43.2 Å². The van der Waals surface area contributed by atoms with Gasteiger partial charge in [-0.1, -0.05) is 13.8 Å². The molecule has 0 aromatic carbocycles. The van der Waals surface area contributed by atoms with Crippen LogP contribution in [0.25, 0.3) is 0 Å². The molecule has 1 aromatic heterocycles. The summed E-state index contributed by atoms with van der Waals surface area (Å²) in [6.07, 6.45) is 3.38. The van der Waals surface area contributed by atoms with E-state index in [1.807, 2.05) is 4.90 Å². The molecule has 1 atom stereocenters. The van der Waals surface area contributed by atoms with Gasteiger partial charge < -0.3 is 10.2 Å². The summed E-state index contributed by atoms with van der Waals surface area (Å²) in [5, 5.41) is 10.9. The highest BCUT2D eigenvalue weighted by Gasteiger charge is 2.23. The summed E-state index contributed by atoms with van der Waals surface area (Å²) in [6, 6.07) is 3.53. The van der Waals surface area contributed by atoms with Gasteiger partial charge in [-0.25, -0.2) is 0 Å². The number of aromatic nitrogens is 2. The third-order valence-corrected chi connectivity index (χ3v) is 4.14. The van der Waals surface area contributed by atoms with Crippen LogP contribution in [0.4, 0.5) is 5.82 Å². The smallest absolute Gasteiger partial charge is 0.274 e. The minimum atomic E-state index is 0.00422. The first-order valence-corrected chi connectivity index (χ1v) is 7.42. The van der Waals surface area contributed by atoms with Crippen molar-refractivity contribution in [2.75, 3.05) is 25.5 Å². The Morgan fingerprint density at radius 1 is 1.30 bits per heavy atom. The number of rotatable bonds is 3. The summed E-state index contributed by atoms with van der Waals surface area (Å²) in [5.41, 5.74) is 0.437. The first kappa shape index (κ1) is 14.8. The zero-order valence-electron chi connectivity index (χ0n) is 12.6. The average Bonchev–Trinajstić information content (AvgIpc) is 2.72. The second-order valence-corrected chi connectivity index (χ2v) is 5.78. The largest absolute Gasteiger partial charge is 0.372 e. The van der Waals surface area contributed by atoms with Crippen molar-refractivity contribution >= 4 is 11.7 Å². The van der Waals surface area contributed by atoms with E-state index in [1.54, 1.807) is 19.2 Å². The van der Waals surface area contributed by atoms with Crippen molar-refractivity contribution in [2.45, 2.75) is 33.1 Å². The number of likely N-dealkylation sites (tertiary alicyclic amines) is 1. The van der Waals surface area contributed by atoms with Crippen LogP contribution in [0.3, 0.4) is 0 Å². The maximum absolute atomic E-state index is 12.4. The van der Waals surface area contributed by atoms with Gasteiger partial charge in [-0.2, -0.15) is 0 Å². The normalized spacial score (nSPS) is 19.8. The lowest BCUT2D eigenvalue weighted by Crippen LogP contribution is -2.32. The van der Waals surface area contributed by atoms with Gasteiger partial charge in [-0.15, -0.1) is 10.2 Å². The molecule has 0 saturated carbocycles. The maximum Gasteiger partial charge on any atom is 0.274 e. The zero-order valence-corrected chi connectivity index (χ0v) is 12.6. The SMILES string of the molecule is CNc1ccc(C(=O)N2CCCC(C(C)C)CC2)nn1. The molecule has 0 spiro atoms. The summed E-state index contributed by atoms with van der Waals surface area (Å²) in [6.45, 7) is 6.20. The number of nitrogens with one attached hydrogen (secondary N) is 1. The van der Waals surface area contributed by atoms with Crippen molar-refractivity contribution in [3.05, 3.63) is 17.8 Å². The van der Waals surface area contributed by atoms with Crippen LogP contribution in [0.15, 0.2) is 12.1 Å². The number of amides is 1. The monoisotopic (exact) mass is 276 g/mol. The summed E-state index contributed by atoms with van der Waals surface area (Å²) < 4.78 is 0. The molecule has 1 amide bonds. The molecule has 110 valence electrons. The van der Waals surface area contributed by atoms with Crippen LogP contribution >= 0.6 is 0 Å². The molecule has 1 fully saturated rings. The Hall–Kier alpha value is -1.65. The van der Waals surface area contributed by atoms with E-state index in [2.05, 4.69) is 29.4 Å². The topological polar surface area (TPSA) is 58.1 Å². The number of hydrogen-bond acceptors (Lipinski definition) is 4. The van der Waals surface area contributed by atoms with Crippen molar-refractivity contribution in [3.8, 4) is 0 Å². The molecule has 0 radical (unpaired) electrons. The lowest BCUT2D eigenvalue weighted by atomic mass is 9.89. The van der Waals surface area contributed by atoms with Crippen LogP contribution < -0.4 is 5.32 Å². The number of carbonyl (C=O) groups is 1. The zero-order chi connectivity index (χ0) is 14.5. The molecule has 5 heteroatoms. The quantitative estimate of drug-likeness (QED) is 0.921. The van der Waals surface area contributed by atoms with Gasteiger partial charge in [-0.3, -0.25) is 4.79 Å². The Morgan fingerprint density at radius 3 is 2.70 bits per heavy atom. The van der Waals surface area contributed by atoms with Gasteiger partial charge in [0, 0.05) is 20.1 Å². The molecule has 1 unspecified atom stereocenters. The van der Waals surface area contributed by atoms with Crippen LogP contribution in [0.2, 0.25) is 0 Å². The Morgan fingerprint density at radius 2 is 2.10 bits per heavy atom. The molecule has 2 heterocycles. The first-order chi connectivity index (χ1) is 9.61. The third-order valence-electron chi connectivity index (χ3n) is 4.14. The second-order valence-electron chi connectivity index (χ2n) is 5.78. The van der Waals surface area contributed by atoms with Crippen LogP contribution in [0, 0.1) is 11.8 Å². The maximum atomic E-state index is 12.4. The van der Waals surface area contributed by atoms with E-state index in [0.717, 1.165) is 31.8 Å². The fraction of sp³-hybridized carbons (Fsp3) is 0.667. The molecule has 2 rings (SSSR count). The third kappa shape index (κ3) is 3.46. The molecular formula is C15H24N4O. The van der Waals surface area contributed by atoms with E-state index >= 15 is 0 Å². The minimum absolute atomic E-state index is 0.00422. The Bertz CT molecular complexity index is 444. The highest BCUT2D eigenvalue weighted by molar-refractivity contribution is 5.92. The lowest BCUT2D eigenvalue weighted by molar-refractivity contribution is 0.0752. The number of nitrogens with zero attached hydrogens (tertiary/aromatic N) is 3. The highest BCUT2D eigenvalue weighted by Crippen LogP contribution is 2.25. The van der Waals surface area contributed by atoms with Crippen LogP contribution in [-0.4, -0.2) is 41.1 Å². The van der Waals surface area contributed by atoms with E-state index in [1.165, 1.54) is 6.42 Å². The van der Waals surface area contributed by atoms with E-state index in [4.69, 9.17) is 0 Å². The predicted molar refractivity (Wildman–Crippen MR) is 79.7 cm³/mol. The molecular weight excluding hydrogens is 252 g/mol. The first-order valence-electron chi connectivity index (χ1n) is 7.42. The second kappa shape index (κ2) is 6.68. The van der Waals surface area contributed by atoms with E-state index in [9.17, 15) is 4.79 Å². The van der Waals surface area contributed by atoms with Crippen LogP contribution in [0.5, 0.6) is 0 Å². The Balaban J connectivity index is 2.01. The van der Waals surface area contributed by atoms with Gasteiger partial charge in [0.15, 0.2) is 5.69 Å². The predicted octanol–water partition coefficient (Wildman–Crippen LogP) is 2.42. The van der Waals surface area contributed by atoms with Gasteiger partial charge in [0.2, 0.25) is 0 Å². The molecule has 1 N–H and O–H groups in total. The number of anilines is 1. The molecule has 5 nitrogen and oxygen atoms in total. The van der Waals surface area contributed by atoms with Crippen molar-refractivity contribution < 1.29 is 4.79 Å². The minimum Gasteiger partial charge on any atom is -0.372 e. The Labute approximate surface area is 120 Å². The highest BCUT2D eigenvalue weighted by atomic mass is 16.2. The molecule has 0 aliphatic carbocycles. The fourth-order valence-corrected chi connectivity index (χ4v) is 2.73. The summed E-state index contributed by atoms with van der Waals surface area (Å²) in [4.78, 5) is 14.4. The average molecular weight is 276 g/mol. The van der Waals surface area contributed by atoms with Crippen LogP contribution in [-0.2, 0) is 0 Å². The molecule has 1 saturated heterocycles. The van der Waals surface area contributed by atoms with Gasteiger partial charge >= 0.3 is 0 Å². The summed E-state index contributed by atoms with van der Waals surface area (Å²) in [5.74, 6) is 2.10. The number of carbonyl (C=O) groups excluding carboxylic acids is 1. The molecule has 1 aromatic rings. The van der Waals surface area contributed by atoms with Crippen molar-refractivity contribution in [2.24, 2.45) is 11.8 Å². The van der Waals surface area contributed by atoms with Gasteiger partial charge in [0.25, 0.3) is 5.91 Å². The molecule has 0 bridgehead atoms. The Kier molecular flexibility index (Phi) is 4.93.